The van der Waals surface area contributed by atoms with Crippen LogP contribution in [0.2, 0.25) is 0 Å². The lowest BCUT2D eigenvalue weighted by Gasteiger charge is -2.51. The van der Waals surface area contributed by atoms with Crippen LogP contribution >= 0.6 is 0 Å². The summed E-state index contributed by atoms with van der Waals surface area (Å²) in [6.07, 6.45) is 21.4. The maximum Gasteiger partial charge on any atom is 0.123 e. The lowest BCUT2D eigenvalue weighted by atomic mass is 9.61. The second kappa shape index (κ2) is 7.78. The number of hydrogen-bond acceptors (Lipinski definition) is 2. The maximum atomic E-state index is 11.4. The molecule has 0 amide bonds. The van der Waals surface area contributed by atoms with Gasteiger partial charge in [0.15, 0.2) is 0 Å². The number of rotatable bonds is 3. The van der Waals surface area contributed by atoms with Crippen molar-refractivity contribution >= 4 is 6.29 Å². The van der Waals surface area contributed by atoms with Crippen LogP contribution in [0, 0.1) is 29.6 Å². The van der Waals surface area contributed by atoms with Gasteiger partial charge in [0.05, 0.1) is 0 Å². The van der Waals surface area contributed by atoms with E-state index >= 15 is 0 Å². The lowest BCUT2D eigenvalue weighted by Crippen LogP contribution is -2.57. The molecular formula is C23H35NO. The summed E-state index contributed by atoms with van der Waals surface area (Å²) in [4.78, 5) is 11.4. The van der Waals surface area contributed by atoms with E-state index in [0.717, 1.165) is 30.6 Å². The summed E-state index contributed by atoms with van der Waals surface area (Å²) >= 11 is 0. The van der Waals surface area contributed by atoms with Gasteiger partial charge in [0.2, 0.25) is 0 Å². The molecule has 1 aliphatic heterocycles. The molecular weight excluding hydrogens is 306 g/mol. The molecule has 4 aliphatic rings. The Morgan fingerprint density at radius 3 is 2.72 bits per heavy atom. The number of fused-ring (bicyclic) bond motifs is 1. The Labute approximate surface area is 153 Å². The zero-order chi connectivity index (χ0) is 17.2. The van der Waals surface area contributed by atoms with Gasteiger partial charge in [-0.05, 0) is 94.8 Å². The van der Waals surface area contributed by atoms with Crippen LogP contribution in [0.25, 0.3) is 0 Å². The first kappa shape index (κ1) is 17.5. The Morgan fingerprint density at radius 1 is 1.08 bits per heavy atom. The lowest BCUT2D eigenvalue weighted by molar-refractivity contribution is -0.113. The third kappa shape index (κ3) is 3.79. The van der Waals surface area contributed by atoms with E-state index in [1.54, 1.807) is 5.57 Å². The average molecular weight is 342 g/mol. The van der Waals surface area contributed by atoms with E-state index in [9.17, 15) is 4.79 Å². The molecule has 2 nitrogen and oxygen atoms in total. The van der Waals surface area contributed by atoms with Crippen molar-refractivity contribution in [2.24, 2.45) is 29.6 Å². The minimum atomic E-state index is 0.315. The molecule has 3 aliphatic carbocycles. The van der Waals surface area contributed by atoms with Gasteiger partial charge in [-0.15, -0.1) is 0 Å². The molecule has 0 aromatic carbocycles. The largest absolute Gasteiger partial charge is 0.311 e. The molecule has 1 saturated heterocycles. The van der Waals surface area contributed by atoms with E-state index in [-0.39, 0.29) is 0 Å². The maximum absolute atomic E-state index is 11.4. The minimum absolute atomic E-state index is 0.315. The summed E-state index contributed by atoms with van der Waals surface area (Å²) in [5.74, 6) is 3.41. The number of aldehydes is 1. The van der Waals surface area contributed by atoms with Crippen molar-refractivity contribution in [3.8, 4) is 0 Å². The number of carbonyl (C=O) groups is 1. The molecule has 1 N–H and O–H groups in total. The Kier molecular flexibility index (Phi) is 5.45. The predicted molar refractivity (Wildman–Crippen MR) is 103 cm³/mol. The Hall–Kier alpha value is -0.890. The molecule has 1 heterocycles. The van der Waals surface area contributed by atoms with Gasteiger partial charge in [0.25, 0.3) is 0 Å². The summed E-state index contributed by atoms with van der Waals surface area (Å²) in [6, 6.07) is 1.35. The van der Waals surface area contributed by atoms with Crippen LogP contribution in [0.1, 0.15) is 71.1 Å². The first-order valence-corrected chi connectivity index (χ1v) is 10.8. The summed E-state index contributed by atoms with van der Waals surface area (Å²) in [5, 5.41) is 4.08. The van der Waals surface area contributed by atoms with Crippen molar-refractivity contribution < 1.29 is 4.79 Å². The monoisotopic (exact) mass is 341 g/mol. The van der Waals surface area contributed by atoms with E-state index in [1.807, 2.05) is 0 Å². The van der Waals surface area contributed by atoms with Gasteiger partial charge < -0.3 is 10.1 Å². The molecule has 0 spiro atoms. The molecule has 7 atom stereocenters. The first-order valence-electron chi connectivity index (χ1n) is 10.8. The zero-order valence-electron chi connectivity index (χ0n) is 15.8. The highest BCUT2D eigenvalue weighted by molar-refractivity contribution is 5.53. The minimum Gasteiger partial charge on any atom is -0.311 e. The van der Waals surface area contributed by atoms with Gasteiger partial charge in [-0.3, -0.25) is 0 Å². The van der Waals surface area contributed by atoms with Crippen molar-refractivity contribution in [3.05, 3.63) is 23.8 Å². The molecule has 1 saturated carbocycles. The van der Waals surface area contributed by atoms with Gasteiger partial charge >= 0.3 is 0 Å². The average Bonchev–Trinajstić information content (AvgIpc) is 2.68. The van der Waals surface area contributed by atoms with Crippen LogP contribution in [0.5, 0.6) is 0 Å². The Morgan fingerprint density at radius 2 is 2.00 bits per heavy atom. The van der Waals surface area contributed by atoms with Crippen LogP contribution < -0.4 is 5.32 Å². The second-order valence-electron chi connectivity index (χ2n) is 9.26. The van der Waals surface area contributed by atoms with E-state index in [0.29, 0.717) is 23.9 Å². The normalized spacial score (nSPS) is 44.7. The third-order valence-electron chi connectivity index (χ3n) is 7.73. The van der Waals surface area contributed by atoms with Crippen LogP contribution in [0.4, 0.5) is 0 Å². The summed E-state index contributed by atoms with van der Waals surface area (Å²) in [5.41, 5.74) is 1.59. The van der Waals surface area contributed by atoms with Crippen LogP contribution in [-0.2, 0) is 4.79 Å². The third-order valence-corrected chi connectivity index (χ3v) is 7.73. The summed E-state index contributed by atoms with van der Waals surface area (Å²) in [6.45, 7) is 2.29. The molecule has 0 bridgehead atoms. The fourth-order valence-electron chi connectivity index (χ4n) is 6.22. The Balaban J connectivity index is 1.53. The quantitative estimate of drug-likeness (QED) is 0.575. The smallest absolute Gasteiger partial charge is 0.123 e. The molecule has 2 fully saturated rings. The van der Waals surface area contributed by atoms with Crippen molar-refractivity contribution in [2.75, 3.05) is 0 Å². The fraction of sp³-hybridized carbons (Fsp3) is 0.783. The molecule has 4 unspecified atom stereocenters. The number of piperidine rings is 1. The van der Waals surface area contributed by atoms with Crippen molar-refractivity contribution in [1.82, 2.24) is 5.32 Å². The van der Waals surface area contributed by atoms with Crippen molar-refractivity contribution in [1.29, 1.82) is 0 Å². The number of allylic oxidation sites excluding steroid dienone is 4. The molecule has 4 rings (SSSR count). The van der Waals surface area contributed by atoms with E-state index in [2.05, 4.69) is 30.5 Å². The van der Waals surface area contributed by atoms with Gasteiger partial charge in [-0.1, -0.05) is 23.8 Å². The first-order chi connectivity index (χ1) is 12.2. The second-order valence-corrected chi connectivity index (χ2v) is 9.26. The zero-order valence-corrected chi connectivity index (χ0v) is 15.8. The molecule has 25 heavy (non-hydrogen) atoms. The van der Waals surface area contributed by atoms with Gasteiger partial charge in [0, 0.05) is 18.0 Å². The summed E-state index contributed by atoms with van der Waals surface area (Å²) in [7, 11) is 0. The van der Waals surface area contributed by atoms with Gasteiger partial charge in [0.1, 0.15) is 6.29 Å². The molecule has 138 valence electrons. The summed E-state index contributed by atoms with van der Waals surface area (Å²) < 4.78 is 0. The van der Waals surface area contributed by atoms with E-state index in [1.165, 1.54) is 57.7 Å². The van der Waals surface area contributed by atoms with Gasteiger partial charge in [-0.25, -0.2) is 0 Å². The fourth-order valence-corrected chi connectivity index (χ4v) is 6.22. The molecule has 2 heteroatoms. The van der Waals surface area contributed by atoms with Crippen LogP contribution in [0.3, 0.4) is 0 Å². The highest BCUT2D eigenvalue weighted by Crippen LogP contribution is 2.46. The van der Waals surface area contributed by atoms with Crippen LogP contribution in [0.15, 0.2) is 23.8 Å². The highest BCUT2D eigenvalue weighted by Gasteiger charge is 2.45. The number of hydrogen-bond donors (Lipinski definition) is 1. The molecule has 0 radical (unpaired) electrons. The van der Waals surface area contributed by atoms with Gasteiger partial charge in [-0.2, -0.15) is 0 Å². The molecule has 0 aromatic heterocycles. The topological polar surface area (TPSA) is 29.1 Å². The molecule has 0 aromatic rings. The highest BCUT2D eigenvalue weighted by atomic mass is 16.1. The number of carbonyl (C=O) groups excluding carboxylic acids is 1. The van der Waals surface area contributed by atoms with Crippen molar-refractivity contribution in [2.45, 2.75) is 83.2 Å². The SMILES string of the molecule is CC1=CC[C@@H]([C@H]2CC(C3C=CCCC3)[C@H]3CC(C=O)CCC3N2)CC1. The van der Waals surface area contributed by atoms with E-state index < -0.39 is 0 Å². The Bertz CT molecular complexity index is 536. The van der Waals surface area contributed by atoms with Crippen molar-refractivity contribution in [3.63, 3.8) is 0 Å². The van der Waals surface area contributed by atoms with E-state index in [4.69, 9.17) is 0 Å². The van der Waals surface area contributed by atoms with Crippen LogP contribution in [-0.4, -0.2) is 18.4 Å². The predicted octanol–water partition coefficient (Wildman–Crippen LogP) is 5.05. The number of nitrogens with one attached hydrogen (secondary N) is 1. The standard InChI is InChI=1S/C23H35NO/c1-16-7-10-19(11-8-16)23-14-20(18-5-3-2-4-6-18)21-13-17(15-25)9-12-22(21)24-23/h3,5,7,15,17-24H,2,4,6,8-14H2,1H3/t17?,18?,19-,20?,21-,22?,23-/m1/s1.